The highest BCUT2D eigenvalue weighted by Gasteiger charge is 2.28. The lowest BCUT2D eigenvalue weighted by atomic mass is 10.0. The molecule has 2 unspecified atom stereocenters. The second-order valence-corrected chi connectivity index (χ2v) is 5.37. The molecular weight excluding hydrogens is 300 g/mol. The Kier molecular flexibility index (Phi) is 3.46. The van der Waals surface area contributed by atoms with Crippen molar-refractivity contribution in [2.75, 3.05) is 19.8 Å². The van der Waals surface area contributed by atoms with Crippen LogP contribution in [0, 0.1) is 0 Å². The highest BCUT2D eigenvalue weighted by Crippen LogP contribution is 2.40. The number of ether oxygens (including phenoxy) is 3. The third-order valence-corrected chi connectivity index (χ3v) is 3.98. The fourth-order valence-corrected chi connectivity index (χ4v) is 2.92. The van der Waals surface area contributed by atoms with E-state index in [1.54, 1.807) is 0 Å². The fraction of sp³-hybridized carbons (Fsp3) is 0.538. The van der Waals surface area contributed by atoms with E-state index < -0.39 is 6.10 Å². The number of hydrogen-bond acceptors (Lipinski definition) is 4. The average molecular weight is 315 g/mol. The van der Waals surface area contributed by atoms with Gasteiger partial charge in [-0.2, -0.15) is 0 Å². The molecule has 5 heteroatoms. The summed E-state index contributed by atoms with van der Waals surface area (Å²) < 4.78 is 17.4. The van der Waals surface area contributed by atoms with Gasteiger partial charge in [-0.25, -0.2) is 0 Å². The molecule has 1 fully saturated rings. The van der Waals surface area contributed by atoms with Gasteiger partial charge in [0.1, 0.15) is 19.3 Å². The van der Waals surface area contributed by atoms with Crippen LogP contribution < -0.4 is 9.47 Å². The summed E-state index contributed by atoms with van der Waals surface area (Å²) in [5, 5.41) is 10.4. The number of halogens is 1. The topological polar surface area (TPSA) is 47.9 Å². The number of rotatable bonds is 2. The van der Waals surface area contributed by atoms with Crippen LogP contribution in [0.2, 0.25) is 0 Å². The summed E-state index contributed by atoms with van der Waals surface area (Å²) >= 11 is 3.47. The van der Waals surface area contributed by atoms with E-state index in [0.29, 0.717) is 19.0 Å². The van der Waals surface area contributed by atoms with Crippen LogP contribution in [0.3, 0.4) is 0 Å². The van der Waals surface area contributed by atoms with Crippen LogP contribution >= 0.6 is 15.9 Å². The first-order valence-corrected chi connectivity index (χ1v) is 6.94. The molecule has 2 aliphatic rings. The third-order valence-electron chi connectivity index (χ3n) is 3.30. The van der Waals surface area contributed by atoms with Crippen LogP contribution in [0.15, 0.2) is 16.6 Å². The summed E-state index contributed by atoms with van der Waals surface area (Å²) in [4.78, 5) is 0. The molecule has 0 saturated carbocycles. The van der Waals surface area contributed by atoms with Crippen LogP contribution in [0.4, 0.5) is 0 Å². The van der Waals surface area contributed by atoms with Crippen LogP contribution in [0.1, 0.15) is 24.5 Å². The Hall–Kier alpha value is -0.780. The molecule has 18 heavy (non-hydrogen) atoms. The molecule has 0 spiro atoms. The van der Waals surface area contributed by atoms with Crippen molar-refractivity contribution >= 4 is 15.9 Å². The van der Waals surface area contributed by atoms with Crippen LogP contribution in [-0.2, 0) is 4.74 Å². The van der Waals surface area contributed by atoms with E-state index in [1.807, 2.05) is 12.1 Å². The summed E-state index contributed by atoms with van der Waals surface area (Å²) in [5.74, 6) is 1.41. The van der Waals surface area contributed by atoms with E-state index in [9.17, 15) is 5.11 Å². The van der Waals surface area contributed by atoms with Gasteiger partial charge in [0, 0.05) is 16.6 Å². The Balaban J connectivity index is 1.90. The molecule has 1 N–H and O–H groups in total. The maximum atomic E-state index is 10.4. The number of benzene rings is 1. The molecule has 0 aliphatic carbocycles. The minimum absolute atomic E-state index is 0.121. The van der Waals surface area contributed by atoms with Crippen molar-refractivity contribution in [2.24, 2.45) is 0 Å². The normalized spacial score (nSPS) is 24.0. The van der Waals surface area contributed by atoms with Gasteiger partial charge in [-0.05, 0) is 25.0 Å². The van der Waals surface area contributed by atoms with Crippen molar-refractivity contribution in [1.82, 2.24) is 0 Å². The second-order valence-electron chi connectivity index (χ2n) is 4.51. The molecule has 1 aromatic rings. The lowest BCUT2D eigenvalue weighted by Gasteiger charge is -2.23. The van der Waals surface area contributed by atoms with Gasteiger partial charge in [0.15, 0.2) is 11.5 Å². The Labute approximate surface area is 114 Å². The molecule has 1 aromatic carbocycles. The minimum atomic E-state index is -0.627. The van der Waals surface area contributed by atoms with Gasteiger partial charge in [0.25, 0.3) is 0 Å². The highest BCUT2D eigenvalue weighted by atomic mass is 79.9. The number of fused-ring (bicyclic) bond motifs is 1. The van der Waals surface area contributed by atoms with Crippen molar-refractivity contribution in [3.8, 4) is 11.5 Å². The maximum Gasteiger partial charge on any atom is 0.162 e. The van der Waals surface area contributed by atoms with Gasteiger partial charge in [0.05, 0.1) is 6.10 Å². The Morgan fingerprint density at radius 2 is 1.89 bits per heavy atom. The predicted octanol–water partition coefficient (Wildman–Crippen LogP) is 2.43. The van der Waals surface area contributed by atoms with E-state index in [0.717, 1.165) is 35.2 Å². The molecule has 98 valence electrons. The van der Waals surface area contributed by atoms with Crippen LogP contribution in [-0.4, -0.2) is 31.0 Å². The lowest BCUT2D eigenvalue weighted by molar-refractivity contribution is -0.00315. The maximum absolute atomic E-state index is 10.4. The van der Waals surface area contributed by atoms with Gasteiger partial charge in [-0.3, -0.25) is 0 Å². The van der Waals surface area contributed by atoms with Gasteiger partial charge in [0.2, 0.25) is 0 Å². The Bertz CT molecular complexity index is 443. The first kappa shape index (κ1) is 12.3. The summed E-state index contributed by atoms with van der Waals surface area (Å²) in [7, 11) is 0. The molecule has 2 atom stereocenters. The third kappa shape index (κ3) is 2.22. The monoisotopic (exact) mass is 314 g/mol. The van der Waals surface area contributed by atoms with Gasteiger partial charge < -0.3 is 19.3 Å². The molecule has 1 saturated heterocycles. The van der Waals surface area contributed by atoms with Crippen molar-refractivity contribution in [1.29, 1.82) is 0 Å². The predicted molar refractivity (Wildman–Crippen MR) is 69.1 cm³/mol. The first-order valence-electron chi connectivity index (χ1n) is 6.14. The number of aliphatic hydroxyl groups is 1. The van der Waals surface area contributed by atoms with Crippen LogP contribution in [0.5, 0.6) is 11.5 Å². The summed E-state index contributed by atoms with van der Waals surface area (Å²) in [6, 6.07) is 3.69. The van der Waals surface area contributed by atoms with Crippen LogP contribution in [0.25, 0.3) is 0 Å². The SMILES string of the molecule is OC(c1cc2c(cc1Br)OCCO2)C1CCCO1. The van der Waals surface area contributed by atoms with Crippen molar-refractivity contribution in [3.05, 3.63) is 22.2 Å². The fourth-order valence-electron chi connectivity index (χ4n) is 2.36. The van der Waals surface area contributed by atoms with Crippen molar-refractivity contribution in [2.45, 2.75) is 25.0 Å². The summed E-state index contributed by atoms with van der Waals surface area (Å²) in [5.41, 5.74) is 0.797. The number of hydrogen-bond donors (Lipinski definition) is 1. The van der Waals surface area contributed by atoms with E-state index in [1.165, 1.54) is 0 Å². The van der Waals surface area contributed by atoms with Gasteiger partial charge in [-0.15, -0.1) is 0 Å². The van der Waals surface area contributed by atoms with E-state index >= 15 is 0 Å². The number of aliphatic hydroxyl groups excluding tert-OH is 1. The molecule has 0 bridgehead atoms. The summed E-state index contributed by atoms with van der Waals surface area (Å²) in [6.45, 7) is 1.83. The molecule has 2 heterocycles. The van der Waals surface area contributed by atoms with E-state index in [-0.39, 0.29) is 6.10 Å². The Morgan fingerprint density at radius 1 is 1.17 bits per heavy atom. The summed E-state index contributed by atoms with van der Waals surface area (Å²) in [6.07, 6.45) is 1.15. The quantitative estimate of drug-likeness (QED) is 0.911. The Morgan fingerprint density at radius 3 is 2.56 bits per heavy atom. The first-order chi connectivity index (χ1) is 8.75. The zero-order valence-corrected chi connectivity index (χ0v) is 11.5. The van der Waals surface area contributed by atoms with E-state index in [4.69, 9.17) is 14.2 Å². The minimum Gasteiger partial charge on any atom is -0.486 e. The molecule has 3 rings (SSSR count). The van der Waals surface area contributed by atoms with E-state index in [2.05, 4.69) is 15.9 Å². The molecule has 0 amide bonds. The van der Waals surface area contributed by atoms with Gasteiger partial charge in [-0.1, -0.05) is 15.9 Å². The second kappa shape index (κ2) is 5.07. The molecule has 0 aromatic heterocycles. The molecule has 2 aliphatic heterocycles. The van der Waals surface area contributed by atoms with Crippen molar-refractivity contribution in [3.63, 3.8) is 0 Å². The standard InChI is InChI=1S/C13H15BrO4/c14-9-7-12-11(17-4-5-18-12)6-8(9)13(15)10-2-1-3-16-10/h6-7,10,13,15H,1-5H2. The highest BCUT2D eigenvalue weighted by molar-refractivity contribution is 9.10. The average Bonchev–Trinajstić information content (AvgIpc) is 2.91. The van der Waals surface area contributed by atoms with Gasteiger partial charge >= 0.3 is 0 Å². The zero-order valence-electron chi connectivity index (χ0n) is 9.89. The zero-order chi connectivity index (χ0) is 12.5. The van der Waals surface area contributed by atoms with Crippen molar-refractivity contribution < 1.29 is 19.3 Å². The molecular formula is C13H15BrO4. The smallest absolute Gasteiger partial charge is 0.162 e. The molecule has 0 radical (unpaired) electrons. The molecule has 4 nitrogen and oxygen atoms in total. The lowest BCUT2D eigenvalue weighted by Crippen LogP contribution is -2.19. The largest absolute Gasteiger partial charge is 0.486 e.